The molecular weight excluding hydrogens is 252 g/mol. The molecule has 4 heteroatoms. The highest BCUT2D eigenvalue weighted by Crippen LogP contribution is 2.36. The van der Waals surface area contributed by atoms with E-state index in [9.17, 15) is 4.79 Å². The van der Waals surface area contributed by atoms with Gasteiger partial charge in [-0.05, 0) is 30.4 Å². The predicted molar refractivity (Wildman–Crippen MR) is 77.1 cm³/mol. The van der Waals surface area contributed by atoms with Crippen LogP contribution in [0, 0.1) is 17.3 Å². The molecule has 2 rings (SSSR count). The zero-order chi connectivity index (χ0) is 14.4. The van der Waals surface area contributed by atoms with E-state index in [1.54, 1.807) is 18.3 Å². The van der Waals surface area contributed by atoms with Crippen LogP contribution in [-0.4, -0.2) is 29.1 Å². The van der Waals surface area contributed by atoms with Crippen LogP contribution in [-0.2, 0) is 0 Å². The summed E-state index contributed by atoms with van der Waals surface area (Å²) in [6, 6.07) is 3.47. The summed E-state index contributed by atoms with van der Waals surface area (Å²) in [5.74, 6) is 5.11. The third-order valence-electron chi connectivity index (χ3n) is 3.81. The number of nitrogens with one attached hydrogen (secondary N) is 1. The normalized spacial score (nSPS) is 16.3. The first kappa shape index (κ1) is 14.5. The van der Waals surface area contributed by atoms with Crippen LogP contribution in [0.5, 0.6) is 0 Å². The van der Waals surface area contributed by atoms with Crippen LogP contribution < -0.4 is 5.32 Å². The van der Waals surface area contributed by atoms with Gasteiger partial charge in [-0.15, -0.1) is 0 Å². The molecule has 2 N–H and O–H groups in total. The highest BCUT2D eigenvalue weighted by molar-refractivity contribution is 5.94. The number of aliphatic hydroxyl groups is 1. The van der Waals surface area contributed by atoms with E-state index < -0.39 is 0 Å². The SMILES string of the molecule is CC1(CNC(=O)c2ncccc2C#CCO)CCCC1. The highest BCUT2D eigenvalue weighted by atomic mass is 16.2. The molecule has 0 unspecified atom stereocenters. The Morgan fingerprint density at radius 2 is 2.25 bits per heavy atom. The molecule has 0 saturated heterocycles. The highest BCUT2D eigenvalue weighted by Gasteiger charge is 2.29. The van der Waals surface area contributed by atoms with E-state index in [2.05, 4.69) is 29.1 Å². The first-order valence-corrected chi connectivity index (χ1v) is 6.98. The van der Waals surface area contributed by atoms with Gasteiger partial charge in [0.05, 0.1) is 5.56 Å². The number of nitrogens with zero attached hydrogens (tertiary/aromatic N) is 1. The molecule has 1 aliphatic rings. The van der Waals surface area contributed by atoms with Gasteiger partial charge in [-0.25, -0.2) is 4.98 Å². The molecule has 1 aromatic rings. The van der Waals surface area contributed by atoms with Gasteiger partial charge in [0.2, 0.25) is 0 Å². The summed E-state index contributed by atoms with van der Waals surface area (Å²) in [5.41, 5.74) is 1.09. The van der Waals surface area contributed by atoms with Crippen LogP contribution in [0.4, 0.5) is 0 Å². The van der Waals surface area contributed by atoms with E-state index >= 15 is 0 Å². The fourth-order valence-corrected chi connectivity index (χ4v) is 2.60. The molecule has 0 bridgehead atoms. The average molecular weight is 272 g/mol. The van der Waals surface area contributed by atoms with Gasteiger partial charge < -0.3 is 10.4 Å². The van der Waals surface area contributed by atoms with Crippen molar-refractivity contribution in [1.29, 1.82) is 0 Å². The van der Waals surface area contributed by atoms with Crippen molar-refractivity contribution in [2.45, 2.75) is 32.6 Å². The minimum absolute atomic E-state index is 0.194. The summed E-state index contributed by atoms with van der Waals surface area (Å²) in [5, 5.41) is 11.7. The van der Waals surface area contributed by atoms with Crippen molar-refractivity contribution in [2.24, 2.45) is 5.41 Å². The third kappa shape index (κ3) is 3.58. The Balaban J connectivity index is 2.05. The molecule has 4 nitrogen and oxygen atoms in total. The van der Waals surface area contributed by atoms with Crippen LogP contribution in [0.1, 0.15) is 48.7 Å². The molecule has 1 heterocycles. The Morgan fingerprint density at radius 1 is 1.50 bits per heavy atom. The Labute approximate surface area is 119 Å². The van der Waals surface area contributed by atoms with Crippen LogP contribution in [0.15, 0.2) is 18.3 Å². The Bertz CT molecular complexity index is 537. The Morgan fingerprint density at radius 3 is 2.95 bits per heavy atom. The minimum atomic E-state index is -0.228. The second-order valence-electron chi connectivity index (χ2n) is 5.56. The van der Waals surface area contributed by atoms with E-state index in [0.717, 1.165) is 12.8 Å². The van der Waals surface area contributed by atoms with E-state index in [0.29, 0.717) is 17.8 Å². The lowest BCUT2D eigenvalue weighted by Crippen LogP contribution is -2.34. The van der Waals surface area contributed by atoms with Crippen molar-refractivity contribution < 1.29 is 9.90 Å². The molecule has 1 amide bonds. The number of hydrogen-bond acceptors (Lipinski definition) is 3. The maximum Gasteiger partial charge on any atom is 0.271 e. The minimum Gasteiger partial charge on any atom is -0.384 e. The van der Waals surface area contributed by atoms with Crippen LogP contribution >= 0.6 is 0 Å². The standard InChI is InChI=1S/C16H20N2O2/c1-16(8-2-3-9-16)12-18-15(20)14-13(7-5-11-19)6-4-10-17-14/h4,6,10,19H,2-3,8-9,11-12H2,1H3,(H,18,20). The quantitative estimate of drug-likeness (QED) is 0.824. The molecule has 1 aromatic heterocycles. The molecule has 0 aromatic carbocycles. The van der Waals surface area contributed by atoms with E-state index in [4.69, 9.17) is 5.11 Å². The average Bonchev–Trinajstić information content (AvgIpc) is 2.90. The lowest BCUT2D eigenvalue weighted by atomic mass is 9.89. The van der Waals surface area contributed by atoms with Crippen LogP contribution in [0.3, 0.4) is 0 Å². The molecule has 0 atom stereocenters. The monoisotopic (exact) mass is 272 g/mol. The molecule has 1 fully saturated rings. The smallest absolute Gasteiger partial charge is 0.271 e. The molecular formula is C16H20N2O2. The summed E-state index contributed by atoms with van der Waals surface area (Å²) in [6.07, 6.45) is 6.38. The summed E-state index contributed by atoms with van der Waals surface area (Å²) in [4.78, 5) is 16.3. The van der Waals surface area contributed by atoms with E-state index in [-0.39, 0.29) is 17.9 Å². The van der Waals surface area contributed by atoms with Gasteiger partial charge in [0.15, 0.2) is 0 Å². The van der Waals surface area contributed by atoms with Crippen molar-refractivity contribution in [3.05, 3.63) is 29.6 Å². The Kier molecular flexibility index (Phi) is 4.75. The lowest BCUT2D eigenvalue weighted by Gasteiger charge is -2.23. The number of pyridine rings is 1. The van der Waals surface area contributed by atoms with Gasteiger partial charge in [-0.1, -0.05) is 31.6 Å². The second-order valence-corrected chi connectivity index (χ2v) is 5.56. The second kappa shape index (κ2) is 6.53. The first-order valence-electron chi connectivity index (χ1n) is 6.98. The van der Waals surface area contributed by atoms with Crippen molar-refractivity contribution in [3.63, 3.8) is 0 Å². The van der Waals surface area contributed by atoms with Gasteiger partial charge in [0.1, 0.15) is 12.3 Å². The fourth-order valence-electron chi connectivity index (χ4n) is 2.60. The molecule has 1 saturated carbocycles. The topological polar surface area (TPSA) is 62.2 Å². The van der Waals surface area contributed by atoms with Gasteiger partial charge in [0, 0.05) is 12.7 Å². The zero-order valence-corrected chi connectivity index (χ0v) is 11.8. The molecule has 20 heavy (non-hydrogen) atoms. The molecule has 0 radical (unpaired) electrons. The van der Waals surface area contributed by atoms with Gasteiger partial charge in [-0.2, -0.15) is 0 Å². The fraction of sp³-hybridized carbons (Fsp3) is 0.500. The largest absolute Gasteiger partial charge is 0.384 e. The van der Waals surface area contributed by atoms with Crippen molar-refractivity contribution in [2.75, 3.05) is 13.2 Å². The molecule has 0 spiro atoms. The van der Waals surface area contributed by atoms with Crippen molar-refractivity contribution in [3.8, 4) is 11.8 Å². The number of carbonyl (C=O) groups is 1. The predicted octanol–water partition coefficient (Wildman–Crippen LogP) is 1.74. The van der Waals surface area contributed by atoms with Crippen LogP contribution in [0.2, 0.25) is 0 Å². The van der Waals surface area contributed by atoms with E-state index in [1.807, 2.05) is 0 Å². The first-order chi connectivity index (χ1) is 9.64. The van der Waals surface area contributed by atoms with Crippen LogP contribution in [0.25, 0.3) is 0 Å². The molecule has 1 aliphatic carbocycles. The number of amides is 1. The zero-order valence-electron chi connectivity index (χ0n) is 11.8. The third-order valence-corrected chi connectivity index (χ3v) is 3.81. The number of carbonyl (C=O) groups excluding carboxylic acids is 1. The maximum atomic E-state index is 12.2. The molecule has 0 aliphatic heterocycles. The number of hydrogen-bond donors (Lipinski definition) is 2. The van der Waals surface area contributed by atoms with Gasteiger partial charge in [0.25, 0.3) is 5.91 Å². The van der Waals surface area contributed by atoms with Crippen molar-refractivity contribution >= 4 is 5.91 Å². The summed E-state index contributed by atoms with van der Waals surface area (Å²) in [6.45, 7) is 2.66. The Hall–Kier alpha value is -1.86. The van der Waals surface area contributed by atoms with Gasteiger partial charge in [-0.3, -0.25) is 4.79 Å². The lowest BCUT2D eigenvalue weighted by molar-refractivity contribution is 0.0929. The van der Waals surface area contributed by atoms with Crippen molar-refractivity contribution in [1.82, 2.24) is 10.3 Å². The van der Waals surface area contributed by atoms with E-state index in [1.165, 1.54) is 12.8 Å². The number of rotatable bonds is 3. The summed E-state index contributed by atoms with van der Waals surface area (Å²) >= 11 is 0. The molecule has 106 valence electrons. The van der Waals surface area contributed by atoms with Gasteiger partial charge >= 0.3 is 0 Å². The maximum absolute atomic E-state index is 12.2. The summed E-state index contributed by atoms with van der Waals surface area (Å²) < 4.78 is 0. The number of aliphatic hydroxyl groups excluding tert-OH is 1. The number of aromatic nitrogens is 1. The summed E-state index contributed by atoms with van der Waals surface area (Å²) in [7, 11) is 0.